The van der Waals surface area contributed by atoms with E-state index in [9.17, 15) is 0 Å². The van der Waals surface area contributed by atoms with Crippen LogP contribution in [0.25, 0.3) is 158 Å². The summed E-state index contributed by atoms with van der Waals surface area (Å²) in [4.78, 5) is 15.8. The summed E-state index contributed by atoms with van der Waals surface area (Å²) in [5.74, 6) is 1.80. The molecule has 0 atom stereocenters. The van der Waals surface area contributed by atoms with Gasteiger partial charge in [-0.05, 0) is 110 Å². The van der Waals surface area contributed by atoms with Crippen LogP contribution in [0.4, 0.5) is 0 Å². The zero-order valence-electron chi connectivity index (χ0n) is 40.2. The van der Waals surface area contributed by atoms with Crippen LogP contribution in [0.15, 0.2) is 247 Å². The topological polar surface area (TPSA) is 56.7 Å². The van der Waals surface area contributed by atoms with Gasteiger partial charge in [0.1, 0.15) is 11.2 Å². The van der Waals surface area contributed by atoms with Gasteiger partial charge in [-0.3, -0.25) is 0 Å². The molecule has 75 heavy (non-hydrogen) atoms. The first kappa shape index (κ1) is 41.8. The number of benzene rings is 12. The number of hydrogen-bond donors (Lipinski definition) is 0. The van der Waals surface area contributed by atoms with Gasteiger partial charge in [0.05, 0.1) is 16.7 Å². The van der Waals surface area contributed by atoms with E-state index in [1.54, 1.807) is 11.3 Å². The van der Waals surface area contributed by atoms with Crippen LogP contribution < -0.4 is 0 Å². The first-order chi connectivity index (χ1) is 37.1. The minimum atomic E-state index is 0.578. The molecule has 0 aliphatic carbocycles. The summed E-state index contributed by atoms with van der Waals surface area (Å²) in [5.41, 5.74) is 12.0. The highest BCUT2D eigenvalue weighted by Crippen LogP contribution is 2.46. The van der Waals surface area contributed by atoms with Crippen molar-refractivity contribution in [1.82, 2.24) is 19.5 Å². The Hall–Kier alpha value is -9.75. The van der Waals surface area contributed by atoms with Gasteiger partial charge < -0.3 is 8.98 Å². The summed E-state index contributed by atoms with van der Waals surface area (Å²) in [5, 5.41) is 14.0. The Bertz CT molecular complexity index is 5010. The van der Waals surface area contributed by atoms with E-state index < -0.39 is 0 Å². The minimum absolute atomic E-state index is 0.578. The SMILES string of the molecule is c1ccc(-c2nc(-c3ccc4sc5ccccc5c4c3)nc(-c3cccc4oc5cc(-n6c7cc8ccccc8cc7c7c8ccccc8ccc76)c(-c6ccc(-c7ccc8ccccc8c7)cc6)cc5c34)n2)cc1. The van der Waals surface area contributed by atoms with E-state index in [0.29, 0.717) is 17.5 Å². The second kappa shape index (κ2) is 16.4. The van der Waals surface area contributed by atoms with Crippen LogP contribution in [0.3, 0.4) is 0 Å². The van der Waals surface area contributed by atoms with E-state index in [1.165, 1.54) is 68.8 Å². The third-order valence-electron chi connectivity index (χ3n) is 15.2. The Morgan fingerprint density at radius 3 is 1.79 bits per heavy atom. The number of aromatic nitrogens is 4. The van der Waals surface area contributed by atoms with Crippen LogP contribution >= 0.6 is 11.3 Å². The van der Waals surface area contributed by atoms with Gasteiger partial charge in [0, 0.05) is 70.0 Å². The molecule has 0 fully saturated rings. The van der Waals surface area contributed by atoms with E-state index in [0.717, 1.165) is 72.0 Å². The van der Waals surface area contributed by atoms with Gasteiger partial charge in [-0.25, -0.2) is 15.0 Å². The fraction of sp³-hybridized carbons (Fsp3) is 0. The van der Waals surface area contributed by atoms with E-state index in [1.807, 2.05) is 24.3 Å². The molecule has 4 heterocycles. The third kappa shape index (κ3) is 6.67. The van der Waals surface area contributed by atoms with Gasteiger partial charge in [-0.15, -0.1) is 11.3 Å². The molecule has 0 saturated carbocycles. The van der Waals surface area contributed by atoms with Crippen LogP contribution in [-0.2, 0) is 0 Å². The molecule has 0 N–H and O–H groups in total. The predicted octanol–water partition coefficient (Wildman–Crippen LogP) is 19.0. The number of hydrogen-bond acceptors (Lipinski definition) is 5. The average molecular weight is 973 g/mol. The van der Waals surface area contributed by atoms with Crippen LogP contribution in [0.1, 0.15) is 0 Å². The van der Waals surface area contributed by atoms with Gasteiger partial charge in [0.15, 0.2) is 17.5 Å². The van der Waals surface area contributed by atoms with Crippen molar-refractivity contribution in [3.63, 3.8) is 0 Å². The van der Waals surface area contributed by atoms with Gasteiger partial charge in [-0.1, -0.05) is 176 Å². The summed E-state index contributed by atoms with van der Waals surface area (Å²) in [6, 6.07) is 87.2. The third-order valence-corrected chi connectivity index (χ3v) is 16.4. The van der Waals surface area contributed by atoms with Crippen molar-refractivity contribution < 1.29 is 4.42 Å². The average Bonchev–Trinajstić information content (AvgIpc) is 4.15. The monoisotopic (exact) mass is 972 g/mol. The second-order valence-corrected chi connectivity index (χ2v) is 20.6. The molecule has 16 aromatic rings. The zero-order valence-corrected chi connectivity index (χ0v) is 41.0. The summed E-state index contributed by atoms with van der Waals surface area (Å²) >= 11 is 1.80. The molecular formula is C69H40N4OS. The van der Waals surface area contributed by atoms with Gasteiger partial charge in [0.25, 0.3) is 0 Å². The van der Waals surface area contributed by atoms with Crippen LogP contribution in [0, 0.1) is 0 Å². The van der Waals surface area contributed by atoms with Crippen molar-refractivity contribution in [2.45, 2.75) is 0 Å². The molecule has 5 nitrogen and oxygen atoms in total. The van der Waals surface area contributed by atoms with Crippen LogP contribution in [0.5, 0.6) is 0 Å². The van der Waals surface area contributed by atoms with E-state index >= 15 is 0 Å². The summed E-state index contributed by atoms with van der Waals surface area (Å²) in [7, 11) is 0. The fourth-order valence-electron chi connectivity index (χ4n) is 11.6. The Morgan fingerprint density at radius 2 is 0.947 bits per heavy atom. The molecular weight excluding hydrogens is 933 g/mol. The van der Waals surface area contributed by atoms with Crippen LogP contribution in [-0.4, -0.2) is 19.5 Å². The number of fused-ring (bicyclic) bond motifs is 13. The molecule has 0 aliphatic rings. The molecule has 16 rings (SSSR count). The molecule has 6 heteroatoms. The Labute approximate surface area is 433 Å². The number of thiophene rings is 1. The van der Waals surface area contributed by atoms with Crippen molar-refractivity contribution in [3.05, 3.63) is 243 Å². The normalized spacial score (nSPS) is 12.0. The van der Waals surface area contributed by atoms with Crippen molar-refractivity contribution in [3.8, 4) is 62.1 Å². The molecule has 12 aromatic carbocycles. The molecule has 0 spiro atoms. The lowest BCUT2D eigenvalue weighted by atomic mass is 9.95. The van der Waals surface area contributed by atoms with Crippen LogP contribution in [0.2, 0.25) is 0 Å². The minimum Gasteiger partial charge on any atom is -0.456 e. The Kier molecular flexibility index (Phi) is 9.14. The molecule has 0 aliphatic heterocycles. The van der Waals surface area contributed by atoms with Crippen molar-refractivity contribution in [1.29, 1.82) is 0 Å². The number of rotatable bonds is 6. The van der Waals surface area contributed by atoms with Gasteiger partial charge in [-0.2, -0.15) is 0 Å². The van der Waals surface area contributed by atoms with Crippen molar-refractivity contribution in [2.24, 2.45) is 0 Å². The highest BCUT2D eigenvalue weighted by atomic mass is 32.1. The highest BCUT2D eigenvalue weighted by molar-refractivity contribution is 7.25. The second-order valence-electron chi connectivity index (χ2n) is 19.5. The van der Waals surface area contributed by atoms with Gasteiger partial charge in [0.2, 0.25) is 0 Å². The molecule has 348 valence electrons. The number of nitrogens with zero attached hydrogens (tertiary/aromatic N) is 4. The fourth-order valence-corrected chi connectivity index (χ4v) is 12.7. The first-order valence-electron chi connectivity index (χ1n) is 25.3. The Balaban J connectivity index is 0.955. The largest absolute Gasteiger partial charge is 0.456 e. The summed E-state index contributed by atoms with van der Waals surface area (Å²) in [6.45, 7) is 0. The molecule has 0 radical (unpaired) electrons. The van der Waals surface area contributed by atoms with E-state index in [4.69, 9.17) is 19.4 Å². The molecule has 0 amide bonds. The maximum Gasteiger partial charge on any atom is 0.164 e. The summed E-state index contributed by atoms with van der Waals surface area (Å²) < 4.78 is 12.0. The smallest absolute Gasteiger partial charge is 0.164 e. The molecule has 0 unspecified atom stereocenters. The lowest BCUT2D eigenvalue weighted by Crippen LogP contribution is -2.00. The maximum absolute atomic E-state index is 7.05. The lowest BCUT2D eigenvalue weighted by Gasteiger charge is -2.16. The molecule has 0 saturated heterocycles. The van der Waals surface area contributed by atoms with E-state index in [2.05, 4.69) is 223 Å². The maximum atomic E-state index is 7.05. The quantitative estimate of drug-likeness (QED) is 0.167. The zero-order chi connectivity index (χ0) is 49.1. The molecule has 0 bridgehead atoms. The lowest BCUT2D eigenvalue weighted by molar-refractivity contribution is 0.668. The Morgan fingerprint density at radius 1 is 0.307 bits per heavy atom. The standard InChI is InChI=1S/C69H40N4OS/c1-2-15-45(16-3-1)67-70-68(50-32-34-64-55(37-50)52-21-10-11-24-63(52)75-64)72-69(71-67)53-22-12-23-61-66(53)57-39-54(44-28-25-42(26-29-44)49-30-27-41-13-4-5-17-46(41)35-49)60(40-62(57)74-61)73-58-33-31-43-14-8-9-20-51(43)65(58)56-36-47-18-6-7-19-48(47)38-59(56)73/h1-40H. The highest BCUT2D eigenvalue weighted by Gasteiger charge is 2.24. The molecule has 4 aromatic heterocycles. The summed E-state index contributed by atoms with van der Waals surface area (Å²) in [6.07, 6.45) is 0. The van der Waals surface area contributed by atoms with E-state index in [-0.39, 0.29) is 0 Å². The van der Waals surface area contributed by atoms with Crippen molar-refractivity contribution >= 4 is 108 Å². The van der Waals surface area contributed by atoms with Crippen molar-refractivity contribution in [2.75, 3.05) is 0 Å². The number of furan rings is 1. The first-order valence-corrected chi connectivity index (χ1v) is 26.1. The predicted molar refractivity (Wildman–Crippen MR) is 314 cm³/mol. The van der Waals surface area contributed by atoms with Gasteiger partial charge >= 0.3 is 0 Å².